The Kier molecular flexibility index (Phi) is 3.94. The summed E-state index contributed by atoms with van der Waals surface area (Å²) in [5.41, 5.74) is 0.925. The number of nitrogens with one attached hydrogen (secondary N) is 1. The molecular weight excluding hydrogens is 288 g/mol. The predicted octanol–water partition coefficient (Wildman–Crippen LogP) is 1.79. The van der Waals surface area contributed by atoms with E-state index < -0.39 is 10.0 Å². The largest absolute Gasteiger partial charge is 0.393 e. The first-order chi connectivity index (χ1) is 10.0. The van der Waals surface area contributed by atoms with Crippen LogP contribution in [-0.4, -0.2) is 42.6 Å². The summed E-state index contributed by atoms with van der Waals surface area (Å²) in [6.07, 6.45) is 2.48. The van der Waals surface area contributed by atoms with Crippen molar-refractivity contribution in [1.29, 1.82) is 0 Å². The maximum absolute atomic E-state index is 12.8. The van der Waals surface area contributed by atoms with E-state index in [2.05, 4.69) is 5.32 Å². The lowest BCUT2D eigenvalue weighted by molar-refractivity contribution is 0.0769. The fourth-order valence-corrected chi connectivity index (χ4v) is 5.46. The lowest BCUT2D eigenvalue weighted by Crippen LogP contribution is -2.47. The summed E-state index contributed by atoms with van der Waals surface area (Å²) in [7, 11) is -3.46. The van der Waals surface area contributed by atoms with E-state index >= 15 is 0 Å². The van der Waals surface area contributed by atoms with E-state index in [-0.39, 0.29) is 18.2 Å². The van der Waals surface area contributed by atoms with Crippen molar-refractivity contribution in [1.82, 2.24) is 4.31 Å². The van der Waals surface area contributed by atoms with Crippen molar-refractivity contribution < 1.29 is 13.5 Å². The zero-order valence-corrected chi connectivity index (χ0v) is 13.0. The van der Waals surface area contributed by atoms with Crippen molar-refractivity contribution in [3.05, 3.63) is 24.3 Å². The topological polar surface area (TPSA) is 69.6 Å². The Morgan fingerprint density at radius 3 is 2.29 bits per heavy atom. The van der Waals surface area contributed by atoms with Gasteiger partial charge in [-0.1, -0.05) is 0 Å². The molecule has 2 bridgehead atoms. The third-order valence-corrected chi connectivity index (χ3v) is 6.47. The third-order valence-electron chi connectivity index (χ3n) is 4.45. The van der Waals surface area contributed by atoms with Gasteiger partial charge in [-0.3, -0.25) is 0 Å². The molecule has 2 atom stereocenters. The summed E-state index contributed by atoms with van der Waals surface area (Å²) >= 11 is 0. The summed E-state index contributed by atoms with van der Waals surface area (Å²) in [6.45, 7) is 2.81. The first-order valence-corrected chi connectivity index (χ1v) is 9.02. The number of nitrogens with zero attached hydrogens (tertiary/aromatic N) is 1. The van der Waals surface area contributed by atoms with E-state index in [1.807, 2.05) is 6.92 Å². The second-order valence-corrected chi connectivity index (χ2v) is 7.74. The zero-order valence-electron chi connectivity index (χ0n) is 12.2. The average Bonchev–Trinajstić information content (AvgIpc) is 2.73. The molecule has 2 fully saturated rings. The van der Waals surface area contributed by atoms with Crippen LogP contribution in [0.2, 0.25) is 0 Å². The quantitative estimate of drug-likeness (QED) is 0.889. The van der Waals surface area contributed by atoms with Gasteiger partial charge in [-0.05, 0) is 56.9 Å². The van der Waals surface area contributed by atoms with Crippen molar-refractivity contribution in [2.24, 2.45) is 0 Å². The van der Waals surface area contributed by atoms with Crippen molar-refractivity contribution in [3.8, 4) is 0 Å². The molecule has 2 N–H and O–H groups in total. The number of aliphatic hydroxyl groups is 1. The van der Waals surface area contributed by atoms with Crippen LogP contribution in [0.25, 0.3) is 0 Å². The Balaban J connectivity index is 1.87. The highest BCUT2D eigenvalue weighted by atomic mass is 32.2. The van der Waals surface area contributed by atoms with E-state index in [1.54, 1.807) is 28.6 Å². The van der Waals surface area contributed by atoms with Gasteiger partial charge in [-0.2, -0.15) is 4.31 Å². The number of benzene rings is 1. The Labute approximate surface area is 126 Å². The molecule has 6 heteroatoms. The van der Waals surface area contributed by atoms with E-state index in [0.29, 0.717) is 17.7 Å². The summed E-state index contributed by atoms with van der Waals surface area (Å²) in [4.78, 5) is 0.345. The molecule has 2 aliphatic heterocycles. The summed E-state index contributed by atoms with van der Waals surface area (Å²) in [5.74, 6) is 0. The summed E-state index contributed by atoms with van der Waals surface area (Å²) in [6, 6.07) is 6.85. The lowest BCUT2D eigenvalue weighted by atomic mass is 10.0. The van der Waals surface area contributed by atoms with Crippen LogP contribution < -0.4 is 5.32 Å². The number of piperidine rings is 1. The molecule has 0 amide bonds. The predicted molar refractivity (Wildman–Crippen MR) is 81.7 cm³/mol. The normalized spacial score (nSPS) is 29.5. The Hall–Kier alpha value is -1.11. The van der Waals surface area contributed by atoms with E-state index in [9.17, 15) is 13.5 Å². The maximum atomic E-state index is 12.8. The molecule has 0 spiro atoms. The SMILES string of the molecule is CCNc1ccc(S(=O)(=O)N2C3CCC2CC(O)C3)cc1. The highest BCUT2D eigenvalue weighted by Gasteiger charge is 2.46. The number of aliphatic hydroxyl groups excluding tert-OH is 1. The lowest BCUT2D eigenvalue weighted by Gasteiger charge is -2.36. The van der Waals surface area contributed by atoms with Gasteiger partial charge in [-0.25, -0.2) is 8.42 Å². The number of hydrogen-bond donors (Lipinski definition) is 2. The molecule has 21 heavy (non-hydrogen) atoms. The van der Waals surface area contributed by atoms with Gasteiger partial charge in [0.15, 0.2) is 0 Å². The van der Waals surface area contributed by atoms with Gasteiger partial charge in [0, 0.05) is 24.3 Å². The fraction of sp³-hybridized carbons (Fsp3) is 0.600. The van der Waals surface area contributed by atoms with Gasteiger partial charge >= 0.3 is 0 Å². The van der Waals surface area contributed by atoms with Gasteiger partial charge < -0.3 is 10.4 Å². The minimum absolute atomic E-state index is 0.0443. The van der Waals surface area contributed by atoms with Crippen LogP contribution in [0.5, 0.6) is 0 Å². The second-order valence-electron chi connectivity index (χ2n) is 5.90. The first kappa shape index (κ1) is 14.8. The molecule has 1 aromatic carbocycles. The zero-order chi connectivity index (χ0) is 15.0. The molecular formula is C15H22N2O3S. The molecule has 0 aliphatic carbocycles. The van der Waals surface area contributed by atoms with Crippen molar-refractivity contribution in [2.75, 3.05) is 11.9 Å². The number of fused-ring (bicyclic) bond motifs is 2. The van der Waals surface area contributed by atoms with E-state index in [4.69, 9.17) is 0 Å². The van der Waals surface area contributed by atoms with Crippen molar-refractivity contribution in [2.45, 2.75) is 55.7 Å². The minimum Gasteiger partial charge on any atom is -0.393 e. The van der Waals surface area contributed by atoms with E-state index in [1.165, 1.54) is 0 Å². The summed E-state index contributed by atoms with van der Waals surface area (Å²) < 4.78 is 27.3. The molecule has 3 rings (SSSR count). The first-order valence-electron chi connectivity index (χ1n) is 7.58. The smallest absolute Gasteiger partial charge is 0.243 e. The third kappa shape index (κ3) is 2.67. The number of sulfonamides is 1. The molecule has 0 radical (unpaired) electrons. The van der Waals surface area contributed by atoms with Gasteiger partial charge in [0.1, 0.15) is 0 Å². The van der Waals surface area contributed by atoms with Gasteiger partial charge in [0.2, 0.25) is 10.0 Å². The highest BCUT2D eigenvalue weighted by molar-refractivity contribution is 7.89. The van der Waals surface area contributed by atoms with Crippen LogP contribution in [0.15, 0.2) is 29.2 Å². The molecule has 2 unspecified atom stereocenters. The molecule has 0 aromatic heterocycles. The highest BCUT2D eigenvalue weighted by Crippen LogP contribution is 2.39. The summed E-state index contributed by atoms with van der Waals surface area (Å²) in [5, 5.41) is 13.0. The molecule has 2 saturated heterocycles. The van der Waals surface area contributed by atoms with Gasteiger partial charge in [0.25, 0.3) is 0 Å². The fourth-order valence-electron chi connectivity index (χ4n) is 3.57. The average molecular weight is 310 g/mol. The Morgan fingerprint density at radius 2 is 1.76 bits per heavy atom. The van der Waals surface area contributed by atoms with Crippen LogP contribution in [0.4, 0.5) is 5.69 Å². The van der Waals surface area contributed by atoms with Crippen LogP contribution in [0, 0.1) is 0 Å². The minimum atomic E-state index is -3.46. The molecule has 5 nitrogen and oxygen atoms in total. The monoisotopic (exact) mass is 310 g/mol. The molecule has 1 aromatic rings. The molecule has 0 saturated carbocycles. The Morgan fingerprint density at radius 1 is 1.19 bits per heavy atom. The number of anilines is 1. The molecule has 2 aliphatic rings. The number of hydrogen-bond acceptors (Lipinski definition) is 4. The standard InChI is InChI=1S/C15H22N2O3S/c1-2-16-11-3-7-15(8-4-11)21(19,20)17-12-5-6-13(17)10-14(18)9-12/h3-4,7-8,12-14,16,18H,2,5-6,9-10H2,1H3. The van der Waals surface area contributed by atoms with Gasteiger partial charge in [-0.15, -0.1) is 0 Å². The molecule has 2 heterocycles. The second kappa shape index (κ2) is 5.59. The number of rotatable bonds is 4. The van der Waals surface area contributed by atoms with Crippen LogP contribution in [-0.2, 0) is 10.0 Å². The Bertz CT molecular complexity index is 586. The van der Waals surface area contributed by atoms with Crippen LogP contribution in [0.3, 0.4) is 0 Å². The van der Waals surface area contributed by atoms with Crippen LogP contribution >= 0.6 is 0 Å². The van der Waals surface area contributed by atoms with Gasteiger partial charge in [0.05, 0.1) is 11.0 Å². The van der Waals surface area contributed by atoms with Crippen molar-refractivity contribution >= 4 is 15.7 Å². The van der Waals surface area contributed by atoms with E-state index in [0.717, 1.165) is 25.1 Å². The van der Waals surface area contributed by atoms with Crippen molar-refractivity contribution in [3.63, 3.8) is 0 Å². The van der Waals surface area contributed by atoms with Crippen LogP contribution in [0.1, 0.15) is 32.6 Å². The molecule has 116 valence electrons. The maximum Gasteiger partial charge on any atom is 0.243 e.